The summed E-state index contributed by atoms with van der Waals surface area (Å²) in [4.78, 5) is 12.2. The Hall–Kier alpha value is -3.61. The molecule has 4 aromatic carbocycles. The van der Waals surface area contributed by atoms with Gasteiger partial charge in [-0.2, -0.15) is 8.78 Å². The Labute approximate surface area is 209 Å². The van der Waals surface area contributed by atoms with Gasteiger partial charge in [0.05, 0.1) is 17.6 Å². The Morgan fingerprint density at radius 3 is 2.57 bits per heavy atom. The van der Waals surface area contributed by atoms with Crippen LogP contribution in [0.2, 0.25) is 10.0 Å². The maximum Gasteiger partial charge on any atom is 0.387 e. The molecule has 0 spiro atoms. The maximum atomic E-state index is 13.0. The van der Waals surface area contributed by atoms with Crippen molar-refractivity contribution in [1.82, 2.24) is 4.57 Å². The second kappa shape index (κ2) is 9.21. The maximum absolute atomic E-state index is 13.0. The summed E-state index contributed by atoms with van der Waals surface area (Å²) >= 11 is 12.5. The first-order valence-electron chi connectivity index (χ1n) is 10.6. The molecule has 35 heavy (non-hydrogen) atoms. The van der Waals surface area contributed by atoms with E-state index in [0.29, 0.717) is 37.5 Å². The molecule has 5 rings (SSSR count). The summed E-state index contributed by atoms with van der Waals surface area (Å²) in [6.07, 6.45) is 0. The normalized spacial score (nSPS) is 11.5. The first kappa shape index (κ1) is 23.1. The van der Waals surface area contributed by atoms with Gasteiger partial charge < -0.3 is 15.0 Å². The standard InChI is InChI=1S/C27H17Cl2F2N2O2/c28-17-9-11-18(21(29)13-17)15-8-10-19-23(12-15)33(22-6-3-5-20(25(19)22)26(32)34)14-16-4-1-2-7-24(16)35-27(30)31/h1-9,11-13,27H,14H2,(H2,32,34). The molecular weight excluding hydrogens is 493 g/mol. The first-order chi connectivity index (χ1) is 16.8. The molecule has 0 aliphatic rings. The molecule has 0 fully saturated rings. The van der Waals surface area contributed by atoms with Crippen LogP contribution in [0.15, 0.2) is 72.8 Å². The lowest BCUT2D eigenvalue weighted by Gasteiger charge is -2.13. The number of aromatic nitrogens is 1. The van der Waals surface area contributed by atoms with Gasteiger partial charge in [-0.3, -0.25) is 4.79 Å². The molecule has 5 aromatic rings. The van der Waals surface area contributed by atoms with Gasteiger partial charge in [-0.15, -0.1) is 0 Å². The second-order valence-electron chi connectivity index (χ2n) is 7.91. The van der Waals surface area contributed by atoms with Crippen molar-refractivity contribution in [2.45, 2.75) is 13.2 Å². The fourth-order valence-electron chi connectivity index (χ4n) is 4.33. The molecule has 0 aliphatic carbocycles. The van der Waals surface area contributed by atoms with Crippen molar-refractivity contribution in [2.75, 3.05) is 0 Å². The summed E-state index contributed by atoms with van der Waals surface area (Å²) < 4.78 is 32.7. The monoisotopic (exact) mass is 509 g/mol. The second-order valence-corrected chi connectivity index (χ2v) is 8.75. The van der Waals surface area contributed by atoms with E-state index in [0.717, 1.165) is 16.6 Å². The third-order valence-corrected chi connectivity index (χ3v) is 6.37. The van der Waals surface area contributed by atoms with Crippen LogP contribution in [-0.2, 0) is 6.54 Å². The molecule has 0 atom stereocenters. The van der Waals surface area contributed by atoms with E-state index in [1.807, 2.05) is 22.8 Å². The molecule has 1 amide bonds. The number of carbonyl (C=O) groups excluding carboxylic acids is 1. The van der Waals surface area contributed by atoms with Crippen LogP contribution >= 0.6 is 23.2 Å². The minimum Gasteiger partial charge on any atom is -0.434 e. The van der Waals surface area contributed by atoms with E-state index in [9.17, 15) is 13.6 Å². The SMILES string of the molecule is NC(=O)c1cccc2c1c1[c]cc(-c3ccc(Cl)cc3Cl)cc1n2Cc1ccccc1OC(F)F. The van der Waals surface area contributed by atoms with Crippen molar-refractivity contribution in [3.63, 3.8) is 0 Å². The Kier molecular flexibility index (Phi) is 6.09. The molecular formula is C27H17Cl2F2N2O2. The number of hydrogen-bond acceptors (Lipinski definition) is 2. The molecule has 175 valence electrons. The molecule has 1 aromatic heterocycles. The lowest BCUT2D eigenvalue weighted by Crippen LogP contribution is -2.11. The number of fused-ring (bicyclic) bond motifs is 3. The van der Waals surface area contributed by atoms with Gasteiger partial charge >= 0.3 is 6.61 Å². The number of benzene rings is 4. The number of para-hydroxylation sites is 1. The van der Waals surface area contributed by atoms with Gasteiger partial charge in [0.1, 0.15) is 5.75 Å². The van der Waals surface area contributed by atoms with Crippen molar-refractivity contribution in [3.8, 4) is 16.9 Å². The predicted octanol–water partition coefficient (Wildman–Crippen LogP) is 7.32. The van der Waals surface area contributed by atoms with E-state index in [-0.39, 0.29) is 12.3 Å². The van der Waals surface area contributed by atoms with E-state index < -0.39 is 12.5 Å². The quantitative estimate of drug-likeness (QED) is 0.260. The third kappa shape index (κ3) is 4.31. The highest BCUT2D eigenvalue weighted by Gasteiger charge is 2.19. The zero-order chi connectivity index (χ0) is 24.7. The van der Waals surface area contributed by atoms with E-state index in [2.05, 4.69) is 6.07 Å². The Balaban J connectivity index is 1.78. The Bertz CT molecular complexity index is 1600. The van der Waals surface area contributed by atoms with Crippen molar-refractivity contribution < 1.29 is 18.3 Å². The van der Waals surface area contributed by atoms with Crippen LogP contribution < -0.4 is 10.5 Å². The van der Waals surface area contributed by atoms with Crippen LogP contribution in [0.4, 0.5) is 8.78 Å². The van der Waals surface area contributed by atoms with Gasteiger partial charge in [-0.1, -0.05) is 53.5 Å². The number of ether oxygens (including phenoxy) is 1. The number of rotatable bonds is 6. The molecule has 0 unspecified atom stereocenters. The van der Waals surface area contributed by atoms with Crippen LogP contribution in [0.1, 0.15) is 15.9 Å². The number of alkyl halides is 2. The smallest absolute Gasteiger partial charge is 0.387 e. The summed E-state index contributed by atoms with van der Waals surface area (Å²) in [7, 11) is 0. The van der Waals surface area contributed by atoms with Crippen LogP contribution in [0.25, 0.3) is 32.9 Å². The lowest BCUT2D eigenvalue weighted by atomic mass is 10.0. The molecule has 0 saturated heterocycles. The van der Waals surface area contributed by atoms with E-state index in [1.165, 1.54) is 6.07 Å². The minimum absolute atomic E-state index is 0.0736. The summed E-state index contributed by atoms with van der Waals surface area (Å²) in [5.74, 6) is -0.501. The van der Waals surface area contributed by atoms with Crippen LogP contribution in [0, 0.1) is 6.07 Å². The molecule has 0 bridgehead atoms. The fourth-order valence-corrected chi connectivity index (χ4v) is 4.84. The molecule has 8 heteroatoms. The molecule has 0 aliphatic heterocycles. The van der Waals surface area contributed by atoms with Gasteiger partial charge in [0.2, 0.25) is 5.91 Å². The average Bonchev–Trinajstić information content (AvgIpc) is 3.13. The van der Waals surface area contributed by atoms with Crippen LogP contribution in [-0.4, -0.2) is 17.1 Å². The van der Waals surface area contributed by atoms with Crippen LogP contribution in [0.3, 0.4) is 0 Å². The number of nitrogens with zero attached hydrogens (tertiary/aromatic N) is 1. The number of amides is 1. The van der Waals surface area contributed by atoms with Gasteiger partial charge in [-0.05, 0) is 54.1 Å². The molecule has 1 radical (unpaired) electrons. The Morgan fingerprint density at radius 1 is 1.03 bits per heavy atom. The summed E-state index contributed by atoms with van der Waals surface area (Å²) in [5, 5.41) is 2.30. The highest BCUT2D eigenvalue weighted by atomic mass is 35.5. The van der Waals surface area contributed by atoms with Crippen molar-refractivity contribution >= 4 is 50.9 Å². The number of nitrogens with two attached hydrogens (primary N) is 1. The van der Waals surface area contributed by atoms with Gasteiger partial charge in [0.15, 0.2) is 0 Å². The predicted molar refractivity (Wildman–Crippen MR) is 134 cm³/mol. The lowest BCUT2D eigenvalue weighted by molar-refractivity contribution is -0.0504. The molecule has 4 nitrogen and oxygen atoms in total. The van der Waals surface area contributed by atoms with E-state index in [4.69, 9.17) is 33.7 Å². The van der Waals surface area contributed by atoms with Gasteiger partial charge in [-0.25, -0.2) is 0 Å². The van der Waals surface area contributed by atoms with Crippen molar-refractivity contribution in [3.05, 3.63) is 100 Å². The summed E-state index contributed by atoms with van der Waals surface area (Å²) in [5.41, 5.74) is 9.53. The van der Waals surface area contributed by atoms with Crippen LogP contribution in [0.5, 0.6) is 5.75 Å². The van der Waals surface area contributed by atoms with E-state index >= 15 is 0 Å². The summed E-state index contributed by atoms with van der Waals surface area (Å²) in [6.45, 7) is -2.75. The number of carbonyl (C=O) groups is 1. The average molecular weight is 510 g/mol. The van der Waals surface area contributed by atoms with E-state index in [1.54, 1.807) is 48.5 Å². The number of hydrogen-bond donors (Lipinski definition) is 1. The highest BCUT2D eigenvalue weighted by molar-refractivity contribution is 6.36. The Morgan fingerprint density at radius 2 is 1.83 bits per heavy atom. The topological polar surface area (TPSA) is 57.2 Å². The zero-order valence-corrected chi connectivity index (χ0v) is 19.6. The van der Waals surface area contributed by atoms with Crippen molar-refractivity contribution in [1.29, 1.82) is 0 Å². The van der Waals surface area contributed by atoms with Gasteiger partial charge in [0, 0.05) is 37.5 Å². The van der Waals surface area contributed by atoms with Crippen molar-refractivity contribution in [2.24, 2.45) is 5.73 Å². The molecule has 0 saturated carbocycles. The molecule has 1 heterocycles. The fraction of sp³-hybridized carbons (Fsp3) is 0.0741. The summed E-state index contributed by atoms with van der Waals surface area (Å²) in [6, 6.07) is 24.0. The minimum atomic E-state index is -2.96. The van der Waals surface area contributed by atoms with Gasteiger partial charge in [0.25, 0.3) is 0 Å². The number of primary amides is 1. The zero-order valence-electron chi connectivity index (χ0n) is 18.1. The first-order valence-corrected chi connectivity index (χ1v) is 11.3. The largest absolute Gasteiger partial charge is 0.434 e. The number of halogens is 4. The third-order valence-electron chi connectivity index (χ3n) is 5.82. The highest BCUT2D eigenvalue weighted by Crippen LogP contribution is 2.37. The molecule has 2 N–H and O–H groups in total.